The van der Waals surface area contributed by atoms with Crippen LogP contribution in [0.5, 0.6) is 5.75 Å². The second-order valence-electron chi connectivity index (χ2n) is 7.11. The SMILES string of the molecule is CC(Oc1ccccc1NC(=O)C(C)(C)C)C(=O)Nc1cc(Cl)cc(Cl)c1. The van der Waals surface area contributed by atoms with E-state index in [9.17, 15) is 9.59 Å². The number of para-hydroxylation sites is 2. The molecule has 2 rings (SSSR count). The lowest BCUT2D eigenvalue weighted by Crippen LogP contribution is -2.31. The van der Waals surface area contributed by atoms with E-state index in [1.807, 2.05) is 20.8 Å². The second kappa shape index (κ2) is 8.63. The van der Waals surface area contributed by atoms with Crippen LogP contribution in [0.1, 0.15) is 27.7 Å². The van der Waals surface area contributed by atoms with E-state index in [0.29, 0.717) is 27.2 Å². The van der Waals surface area contributed by atoms with Gasteiger partial charge in [0.25, 0.3) is 5.91 Å². The molecule has 144 valence electrons. The van der Waals surface area contributed by atoms with Gasteiger partial charge in [-0.25, -0.2) is 0 Å². The molecule has 2 aromatic rings. The van der Waals surface area contributed by atoms with Gasteiger partial charge in [-0.15, -0.1) is 0 Å². The number of ether oxygens (including phenoxy) is 1. The highest BCUT2D eigenvalue weighted by Crippen LogP contribution is 2.28. The predicted molar refractivity (Wildman–Crippen MR) is 110 cm³/mol. The Labute approximate surface area is 169 Å². The first-order valence-electron chi connectivity index (χ1n) is 8.40. The van der Waals surface area contributed by atoms with Gasteiger partial charge in [0.2, 0.25) is 5.91 Å². The van der Waals surface area contributed by atoms with Crippen LogP contribution in [0, 0.1) is 5.41 Å². The van der Waals surface area contributed by atoms with Gasteiger partial charge in [0, 0.05) is 21.1 Å². The molecule has 0 aliphatic rings. The van der Waals surface area contributed by atoms with Gasteiger partial charge in [0.15, 0.2) is 6.10 Å². The monoisotopic (exact) mass is 408 g/mol. The highest BCUT2D eigenvalue weighted by molar-refractivity contribution is 6.35. The third kappa shape index (κ3) is 6.15. The first-order valence-corrected chi connectivity index (χ1v) is 9.16. The van der Waals surface area contributed by atoms with Gasteiger partial charge in [-0.05, 0) is 37.3 Å². The molecule has 1 atom stereocenters. The quantitative estimate of drug-likeness (QED) is 0.697. The normalized spacial score (nSPS) is 12.2. The number of hydrogen-bond donors (Lipinski definition) is 2. The summed E-state index contributed by atoms with van der Waals surface area (Å²) < 4.78 is 5.76. The Bertz CT molecular complexity index is 827. The van der Waals surface area contributed by atoms with E-state index < -0.39 is 11.5 Å². The maximum atomic E-state index is 12.4. The molecule has 0 spiro atoms. The maximum absolute atomic E-state index is 12.4. The molecule has 0 bridgehead atoms. The lowest BCUT2D eigenvalue weighted by Gasteiger charge is -2.21. The Morgan fingerprint density at radius 1 is 1.00 bits per heavy atom. The van der Waals surface area contributed by atoms with Gasteiger partial charge < -0.3 is 15.4 Å². The molecular formula is C20H22Cl2N2O3. The average Bonchev–Trinajstić information content (AvgIpc) is 2.54. The van der Waals surface area contributed by atoms with E-state index in [-0.39, 0.29) is 11.8 Å². The van der Waals surface area contributed by atoms with Crippen LogP contribution in [0.2, 0.25) is 10.0 Å². The number of hydrogen-bond acceptors (Lipinski definition) is 3. The minimum absolute atomic E-state index is 0.149. The van der Waals surface area contributed by atoms with Crippen molar-refractivity contribution in [1.29, 1.82) is 0 Å². The van der Waals surface area contributed by atoms with Gasteiger partial charge in [-0.1, -0.05) is 56.1 Å². The number of rotatable bonds is 5. The lowest BCUT2D eigenvalue weighted by atomic mass is 9.95. The molecule has 0 aliphatic heterocycles. The molecule has 2 amide bonds. The summed E-state index contributed by atoms with van der Waals surface area (Å²) >= 11 is 11.9. The molecule has 0 radical (unpaired) electrons. The fourth-order valence-corrected chi connectivity index (χ4v) is 2.62. The summed E-state index contributed by atoms with van der Waals surface area (Å²) in [5, 5.41) is 6.37. The van der Waals surface area contributed by atoms with Crippen LogP contribution in [0.15, 0.2) is 42.5 Å². The minimum Gasteiger partial charge on any atom is -0.479 e. The van der Waals surface area contributed by atoms with Crippen LogP contribution in [0.4, 0.5) is 11.4 Å². The Hall–Kier alpha value is -2.24. The molecule has 2 N–H and O–H groups in total. The molecule has 0 heterocycles. The fourth-order valence-electron chi connectivity index (χ4n) is 2.10. The molecule has 7 heteroatoms. The summed E-state index contributed by atoms with van der Waals surface area (Å²) in [6.07, 6.45) is -0.810. The summed E-state index contributed by atoms with van der Waals surface area (Å²) in [6.45, 7) is 7.07. The van der Waals surface area contributed by atoms with Crippen LogP contribution in [-0.2, 0) is 9.59 Å². The van der Waals surface area contributed by atoms with Gasteiger partial charge in [-0.3, -0.25) is 9.59 Å². The van der Waals surface area contributed by atoms with Crippen molar-refractivity contribution in [3.05, 3.63) is 52.5 Å². The molecule has 2 aromatic carbocycles. The molecule has 0 fully saturated rings. The maximum Gasteiger partial charge on any atom is 0.265 e. The number of benzene rings is 2. The first kappa shape index (κ1) is 21.1. The zero-order valence-corrected chi connectivity index (χ0v) is 17.1. The third-order valence-electron chi connectivity index (χ3n) is 3.62. The number of carbonyl (C=O) groups is 2. The number of halogens is 2. The van der Waals surface area contributed by atoms with Crippen molar-refractivity contribution in [2.24, 2.45) is 5.41 Å². The zero-order valence-electron chi connectivity index (χ0n) is 15.6. The van der Waals surface area contributed by atoms with Crippen molar-refractivity contribution in [3.63, 3.8) is 0 Å². The van der Waals surface area contributed by atoms with Gasteiger partial charge in [0.1, 0.15) is 5.75 Å². The summed E-state index contributed by atoms with van der Waals surface area (Å²) in [4.78, 5) is 24.7. The van der Waals surface area contributed by atoms with Crippen LogP contribution in [0.25, 0.3) is 0 Å². The Morgan fingerprint density at radius 2 is 1.59 bits per heavy atom. The summed E-state index contributed by atoms with van der Waals surface area (Å²) in [5.41, 5.74) is 0.423. The van der Waals surface area contributed by atoms with Crippen molar-refractivity contribution in [2.75, 3.05) is 10.6 Å². The van der Waals surface area contributed by atoms with Crippen LogP contribution >= 0.6 is 23.2 Å². The van der Waals surface area contributed by atoms with Gasteiger partial charge in [0.05, 0.1) is 5.69 Å². The summed E-state index contributed by atoms with van der Waals surface area (Å²) in [6, 6.07) is 11.7. The van der Waals surface area contributed by atoms with E-state index >= 15 is 0 Å². The number of carbonyl (C=O) groups excluding carboxylic acids is 2. The van der Waals surface area contributed by atoms with Gasteiger partial charge >= 0.3 is 0 Å². The molecule has 0 saturated carbocycles. The third-order valence-corrected chi connectivity index (χ3v) is 4.06. The van der Waals surface area contributed by atoms with E-state index in [4.69, 9.17) is 27.9 Å². The molecule has 0 aliphatic carbocycles. The Morgan fingerprint density at radius 3 is 2.19 bits per heavy atom. The minimum atomic E-state index is -0.810. The zero-order chi connectivity index (χ0) is 20.2. The van der Waals surface area contributed by atoms with Crippen molar-refractivity contribution < 1.29 is 14.3 Å². The van der Waals surface area contributed by atoms with Crippen LogP contribution < -0.4 is 15.4 Å². The van der Waals surface area contributed by atoms with Crippen molar-refractivity contribution >= 4 is 46.4 Å². The van der Waals surface area contributed by atoms with E-state index in [1.54, 1.807) is 49.4 Å². The highest BCUT2D eigenvalue weighted by atomic mass is 35.5. The highest BCUT2D eigenvalue weighted by Gasteiger charge is 2.23. The predicted octanol–water partition coefficient (Wildman–Crippen LogP) is 5.38. The Kier molecular flexibility index (Phi) is 6.73. The fraction of sp³-hybridized carbons (Fsp3) is 0.300. The summed E-state index contributed by atoms with van der Waals surface area (Å²) in [7, 11) is 0. The number of anilines is 2. The van der Waals surface area contributed by atoms with E-state index in [2.05, 4.69) is 10.6 Å². The average molecular weight is 409 g/mol. The van der Waals surface area contributed by atoms with Crippen molar-refractivity contribution in [2.45, 2.75) is 33.8 Å². The topological polar surface area (TPSA) is 67.4 Å². The number of amides is 2. The van der Waals surface area contributed by atoms with E-state index in [0.717, 1.165) is 0 Å². The first-order chi connectivity index (χ1) is 12.6. The van der Waals surface area contributed by atoms with E-state index in [1.165, 1.54) is 0 Å². The number of nitrogens with one attached hydrogen (secondary N) is 2. The molecule has 27 heavy (non-hydrogen) atoms. The van der Waals surface area contributed by atoms with Crippen molar-refractivity contribution in [3.8, 4) is 5.75 Å². The Balaban J connectivity index is 2.10. The molecule has 0 saturated heterocycles. The smallest absolute Gasteiger partial charge is 0.265 e. The molecular weight excluding hydrogens is 387 g/mol. The molecule has 0 aromatic heterocycles. The molecule has 1 unspecified atom stereocenters. The standard InChI is InChI=1S/C20H22Cl2N2O3/c1-12(18(25)23-15-10-13(21)9-14(22)11-15)27-17-8-6-5-7-16(17)24-19(26)20(2,3)4/h5-12H,1-4H3,(H,23,25)(H,24,26). The summed E-state index contributed by atoms with van der Waals surface area (Å²) in [5.74, 6) is -0.114. The molecule has 5 nitrogen and oxygen atoms in total. The largest absolute Gasteiger partial charge is 0.479 e. The second-order valence-corrected chi connectivity index (χ2v) is 7.98. The van der Waals surface area contributed by atoms with Crippen LogP contribution in [-0.4, -0.2) is 17.9 Å². The van der Waals surface area contributed by atoms with Gasteiger partial charge in [-0.2, -0.15) is 0 Å². The van der Waals surface area contributed by atoms with Crippen LogP contribution in [0.3, 0.4) is 0 Å². The lowest BCUT2D eigenvalue weighted by molar-refractivity contribution is -0.123. The van der Waals surface area contributed by atoms with Crippen molar-refractivity contribution in [1.82, 2.24) is 0 Å².